The minimum absolute atomic E-state index is 0.0810. The van der Waals surface area contributed by atoms with E-state index in [4.69, 9.17) is 9.47 Å². The Bertz CT molecular complexity index is 1610. The van der Waals surface area contributed by atoms with Gasteiger partial charge in [0.1, 0.15) is 17.8 Å². The summed E-state index contributed by atoms with van der Waals surface area (Å²) in [4.78, 5) is 22.9. The molecule has 5 heteroatoms. The Morgan fingerprint density at radius 1 is 0.776 bits per heavy atom. The van der Waals surface area contributed by atoms with Crippen LogP contribution in [0.4, 0.5) is 0 Å². The van der Waals surface area contributed by atoms with Crippen LogP contribution in [0.2, 0.25) is 0 Å². The predicted molar refractivity (Wildman–Crippen MR) is 203 cm³/mol. The Kier molecular flexibility index (Phi) is 15.1. The van der Waals surface area contributed by atoms with Gasteiger partial charge in [0, 0.05) is 36.7 Å². The molecular formula is C44H58O5. The lowest BCUT2D eigenvalue weighted by molar-refractivity contribution is -0.148. The maximum absolute atomic E-state index is 11.5. The molecule has 0 amide bonds. The van der Waals surface area contributed by atoms with Gasteiger partial charge in [-0.2, -0.15) is 0 Å². The molecule has 2 aliphatic carbocycles. The third-order valence-electron chi connectivity index (χ3n) is 9.03. The standard InChI is InChI=1S/C44H58O5/c1-31(19-15-21-33(3)23-24-41-35(5)27-39(48-37(7)45)29-42(41,9)10)17-13-14-18-32(2)20-16-22-34(4)25-26-44(47)36(6)28-40(49-38(8)46)30-43(44,11)12/h13-22,25-26,28,39-40,47H,27,29-30H2,1-12H3/b14-13+,19-15+,20-16+,26-25+,31-17+,32-18-,33-21+,34-22+/t39-,40-,44+/m1/s1. The van der Waals surface area contributed by atoms with Crippen LogP contribution in [0.5, 0.6) is 0 Å². The Balaban J connectivity index is 1.97. The molecule has 2 aliphatic rings. The van der Waals surface area contributed by atoms with Crippen LogP contribution in [0.1, 0.15) is 102 Å². The first kappa shape index (κ1) is 41.0. The van der Waals surface area contributed by atoms with Gasteiger partial charge in [0.05, 0.1) is 0 Å². The van der Waals surface area contributed by atoms with Crippen molar-refractivity contribution in [1.82, 2.24) is 0 Å². The van der Waals surface area contributed by atoms with Gasteiger partial charge in [-0.05, 0) is 77.7 Å². The van der Waals surface area contributed by atoms with Crippen molar-refractivity contribution < 1.29 is 24.2 Å². The molecule has 2 rings (SSSR count). The first-order valence-electron chi connectivity index (χ1n) is 17.1. The Morgan fingerprint density at radius 3 is 1.84 bits per heavy atom. The molecule has 0 spiro atoms. The highest BCUT2D eigenvalue weighted by molar-refractivity contribution is 5.66. The number of esters is 2. The number of rotatable bonds is 10. The van der Waals surface area contributed by atoms with Crippen molar-refractivity contribution in [2.45, 2.75) is 120 Å². The summed E-state index contributed by atoms with van der Waals surface area (Å²) in [6.07, 6.45) is 27.6. The van der Waals surface area contributed by atoms with Crippen LogP contribution in [0.25, 0.3) is 0 Å². The van der Waals surface area contributed by atoms with Crippen LogP contribution >= 0.6 is 0 Å². The van der Waals surface area contributed by atoms with Gasteiger partial charge in [-0.25, -0.2) is 0 Å². The molecule has 0 aromatic carbocycles. The molecular weight excluding hydrogens is 608 g/mol. The average Bonchev–Trinajstić information content (AvgIpc) is 2.95. The molecule has 0 heterocycles. The zero-order valence-electron chi connectivity index (χ0n) is 31.9. The van der Waals surface area contributed by atoms with Crippen LogP contribution < -0.4 is 0 Å². The van der Waals surface area contributed by atoms with E-state index in [0.29, 0.717) is 6.42 Å². The first-order chi connectivity index (χ1) is 22.8. The number of carbonyl (C=O) groups is 2. The molecule has 3 atom stereocenters. The fourth-order valence-electron chi connectivity index (χ4n) is 6.39. The molecule has 0 unspecified atom stereocenters. The van der Waals surface area contributed by atoms with E-state index in [1.807, 2.05) is 95.4 Å². The smallest absolute Gasteiger partial charge is 0.303 e. The fraction of sp³-hybridized carbons (Fsp3) is 0.455. The molecule has 0 aromatic rings. The van der Waals surface area contributed by atoms with Gasteiger partial charge in [-0.3, -0.25) is 9.59 Å². The largest absolute Gasteiger partial charge is 0.462 e. The minimum atomic E-state index is -1.13. The number of carbonyl (C=O) groups excluding carboxylic acids is 2. The summed E-state index contributed by atoms with van der Waals surface area (Å²) in [6, 6.07) is 0. The van der Waals surface area contributed by atoms with Crippen molar-refractivity contribution in [2.24, 2.45) is 10.8 Å². The van der Waals surface area contributed by atoms with Gasteiger partial charge < -0.3 is 14.6 Å². The molecule has 0 fully saturated rings. The van der Waals surface area contributed by atoms with E-state index in [1.165, 1.54) is 19.4 Å². The lowest BCUT2D eigenvalue weighted by Gasteiger charge is -2.46. The molecule has 1 N–H and O–H groups in total. The second kappa shape index (κ2) is 18.0. The highest BCUT2D eigenvalue weighted by Gasteiger charge is 2.47. The summed E-state index contributed by atoms with van der Waals surface area (Å²) in [5.41, 5.74) is 5.57. The van der Waals surface area contributed by atoms with Crippen LogP contribution in [-0.4, -0.2) is 34.9 Å². The zero-order chi connectivity index (χ0) is 37.0. The molecule has 49 heavy (non-hydrogen) atoms. The van der Waals surface area contributed by atoms with Crippen molar-refractivity contribution >= 4 is 11.9 Å². The highest BCUT2D eigenvalue weighted by atomic mass is 16.5. The lowest BCUT2D eigenvalue weighted by Crippen LogP contribution is -2.49. The summed E-state index contributed by atoms with van der Waals surface area (Å²) in [5, 5.41) is 11.5. The zero-order valence-corrected chi connectivity index (χ0v) is 31.9. The number of ether oxygens (including phenoxy) is 2. The number of aliphatic hydroxyl groups is 1. The van der Waals surface area contributed by atoms with Crippen LogP contribution in [-0.2, 0) is 19.1 Å². The van der Waals surface area contributed by atoms with Gasteiger partial charge in [0.25, 0.3) is 0 Å². The van der Waals surface area contributed by atoms with Crippen LogP contribution in [0.3, 0.4) is 0 Å². The molecule has 264 valence electrons. The van der Waals surface area contributed by atoms with Crippen molar-refractivity contribution in [3.63, 3.8) is 0 Å². The fourth-order valence-corrected chi connectivity index (χ4v) is 6.39. The maximum Gasteiger partial charge on any atom is 0.303 e. The number of allylic oxidation sites excluding steroid dienone is 16. The Labute approximate surface area is 296 Å². The minimum Gasteiger partial charge on any atom is -0.462 e. The van der Waals surface area contributed by atoms with E-state index in [2.05, 4.69) is 64.7 Å². The molecule has 0 bridgehead atoms. The van der Waals surface area contributed by atoms with Crippen LogP contribution in [0, 0.1) is 22.7 Å². The molecule has 0 saturated carbocycles. The van der Waals surface area contributed by atoms with Gasteiger partial charge >= 0.3 is 11.9 Å². The van der Waals surface area contributed by atoms with Crippen molar-refractivity contribution in [3.05, 3.63) is 118 Å². The van der Waals surface area contributed by atoms with Gasteiger partial charge in [0.15, 0.2) is 0 Å². The third-order valence-corrected chi connectivity index (χ3v) is 9.03. The van der Waals surface area contributed by atoms with Gasteiger partial charge in [-0.1, -0.05) is 129 Å². The average molecular weight is 667 g/mol. The molecule has 0 aromatic heterocycles. The van der Waals surface area contributed by atoms with Crippen molar-refractivity contribution in [2.75, 3.05) is 0 Å². The summed E-state index contributed by atoms with van der Waals surface area (Å²) < 4.78 is 10.9. The van der Waals surface area contributed by atoms with E-state index in [-0.39, 0.29) is 29.6 Å². The highest BCUT2D eigenvalue weighted by Crippen LogP contribution is 2.46. The lowest BCUT2D eigenvalue weighted by atomic mass is 9.64. The molecule has 0 aliphatic heterocycles. The van der Waals surface area contributed by atoms with Gasteiger partial charge in [0.2, 0.25) is 0 Å². The normalized spacial score (nSPS) is 25.2. The van der Waals surface area contributed by atoms with E-state index >= 15 is 0 Å². The van der Waals surface area contributed by atoms with Crippen molar-refractivity contribution in [1.29, 1.82) is 0 Å². The summed E-state index contributed by atoms with van der Waals surface area (Å²) in [7, 11) is 0. The quantitative estimate of drug-likeness (QED) is 0.109. The van der Waals surface area contributed by atoms with Crippen LogP contribution in [0.15, 0.2) is 118 Å². The van der Waals surface area contributed by atoms with E-state index in [0.717, 1.165) is 46.3 Å². The second-order valence-electron chi connectivity index (χ2n) is 14.8. The molecule has 0 radical (unpaired) electrons. The van der Waals surface area contributed by atoms with E-state index in [1.54, 1.807) is 0 Å². The number of hydrogen-bond acceptors (Lipinski definition) is 5. The first-order valence-corrected chi connectivity index (χ1v) is 17.1. The number of hydrogen-bond donors (Lipinski definition) is 1. The second-order valence-corrected chi connectivity index (χ2v) is 14.8. The third kappa shape index (κ3) is 13.0. The summed E-state index contributed by atoms with van der Waals surface area (Å²) in [5.74, 6) is 6.15. The van der Waals surface area contributed by atoms with Crippen molar-refractivity contribution in [3.8, 4) is 11.8 Å². The maximum atomic E-state index is 11.5. The molecule has 0 saturated heterocycles. The van der Waals surface area contributed by atoms with Gasteiger partial charge in [-0.15, -0.1) is 0 Å². The van der Waals surface area contributed by atoms with E-state index < -0.39 is 11.0 Å². The predicted octanol–water partition coefficient (Wildman–Crippen LogP) is 10.1. The SMILES string of the molecule is CC(=O)O[C@@H]1CC(C)=C(C#C/C(C)=C/C=C/C(C)=C/C=C/C=C(C)\C=C\C=C(C)\C=C\[C@]2(O)C(C)=C[C@@H](OC(C)=O)CC2(C)C)C(C)(C)C1. The van der Waals surface area contributed by atoms with E-state index in [9.17, 15) is 14.7 Å². The summed E-state index contributed by atoms with van der Waals surface area (Å²) >= 11 is 0. The topological polar surface area (TPSA) is 72.8 Å². The monoisotopic (exact) mass is 666 g/mol. The Hall–Kier alpha value is -4.14. The Morgan fingerprint density at radius 2 is 1.31 bits per heavy atom. The summed E-state index contributed by atoms with van der Waals surface area (Å²) in [6.45, 7) is 23.3. The molecule has 5 nitrogen and oxygen atoms in total.